The van der Waals surface area contributed by atoms with E-state index >= 15 is 0 Å². The van der Waals surface area contributed by atoms with E-state index in [9.17, 15) is 4.79 Å². The number of halogens is 1. The zero-order valence-electron chi connectivity index (χ0n) is 15.3. The first kappa shape index (κ1) is 18.3. The molecule has 140 valence electrons. The van der Waals surface area contributed by atoms with Crippen molar-refractivity contribution < 1.29 is 9.53 Å². The Morgan fingerprint density at radius 1 is 0.964 bits per heavy atom. The van der Waals surface area contributed by atoms with E-state index in [1.54, 1.807) is 24.3 Å². The minimum atomic E-state index is -0.236. The molecule has 0 bridgehead atoms. The van der Waals surface area contributed by atoms with Gasteiger partial charge in [0.25, 0.3) is 5.91 Å². The topological polar surface area (TPSA) is 50.7 Å². The zero-order chi connectivity index (χ0) is 19.5. The molecule has 0 aliphatic carbocycles. The summed E-state index contributed by atoms with van der Waals surface area (Å²) in [4.78, 5) is 17.1. The van der Waals surface area contributed by atoms with Crippen molar-refractivity contribution in [1.29, 1.82) is 0 Å². The number of aliphatic imine (C=N–C) groups is 1. The van der Waals surface area contributed by atoms with E-state index in [1.807, 2.05) is 61.5 Å². The van der Waals surface area contributed by atoms with Gasteiger partial charge in [-0.2, -0.15) is 0 Å². The third-order valence-corrected chi connectivity index (χ3v) is 4.98. The average molecular weight is 391 g/mol. The molecule has 3 aromatic rings. The van der Waals surface area contributed by atoms with Crippen LogP contribution < -0.4 is 5.32 Å². The first-order chi connectivity index (χ1) is 13.6. The largest absolute Gasteiger partial charge is 0.472 e. The van der Waals surface area contributed by atoms with E-state index < -0.39 is 0 Å². The van der Waals surface area contributed by atoms with Gasteiger partial charge in [0, 0.05) is 11.3 Å². The molecule has 5 heteroatoms. The van der Waals surface area contributed by atoms with Crippen LogP contribution in [-0.4, -0.2) is 17.9 Å². The summed E-state index contributed by atoms with van der Waals surface area (Å²) in [5, 5.41) is 3.30. The Kier molecular flexibility index (Phi) is 5.13. The number of nitrogens with zero attached hydrogens (tertiary/aromatic N) is 1. The molecular weight excluding hydrogens is 372 g/mol. The second-order valence-corrected chi connectivity index (χ2v) is 7.03. The number of carbonyl (C=O) groups is 1. The molecule has 4 rings (SSSR count). The molecule has 0 spiro atoms. The average Bonchev–Trinajstić information content (AvgIpc) is 3.11. The number of amides is 1. The number of rotatable bonds is 4. The maximum Gasteiger partial charge on any atom is 0.257 e. The fraction of sp³-hybridized carbons (Fsp3) is 0.130. The summed E-state index contributed by atoms with van der Waals surface area (Å²) >= 11 is 6.09. The fourth-order valence-electron chi connectivity index (χ4n) is 3.18. The van der Waals surface area contributed by atoms with Gasteiger partial charge in [0.2, 0.25) is 5.90 Å². The van der Waals surface area contributed by atoms with Crippen LogP contribution in [0, 0.1) is 0 Å². The van der Waals surface area contributed by atoms with Gasteiger partial charge in [-0.1, -0.05) is 54.1 Å². The number of benzene rings is 3. The predicted molar refractivity (Wildman–Crippen MR) is 112 cm³/mol. The molecule has 1 aliphatic heterocycles. The molecular formula is C23H19ClN2O2. The Morgan fingerprint density at radius 3 is 2.36 bits per heavy atom. The van der Waals surface area contributed by atoms with Gasteiger partial charge in [-0.25, -0.2) is 4.99 Å². The van der Waals surface area contributed by atoms with Crippen molar-refractivity contribution in [1.82, 2.24) is 0 Å². The fourth-order valence-corrected chi connectivity index (χ4v) is 3.40. The number of hydrogen-bond acceptors (Lipinski definition) is 3. The van der Waals surface area contributed by atoms with Crippen molar-refractivity contribution in [2.45, 2.75) is 19.1 Å². The van der Waals surface area contributed by atoms with E-state index in [0.29, 0.717) is 22.2 Å². The molecule has 0 aromatic heterocycles. The maximum absolute atomic E-state index is 12.4. The molecule has 0 radical (unpaired) electrons. The van der Waals surface area contributed by atoms with Crippen LogP contribution in [0.15, 0.2) is 83.9 Å². The van der Waals surface area contributed by atoms with Gasteiger partial charge in [-0.3, -0.25) is 4.79 Å². The standard InChI is InChI=1S/C23H19ClN2O2/c1-15-21(26-23(28-15)17-7-3-2-4-8-17)16-11-13-18(14-12-16)25-22(27)19-9-5-6-10-20(19)24/h2-15,21H,1H3,(H,25,27). The molecule has 1 N–H and O–H groups in total. The van der Waals surface area contributed by atoms with E-state index in [2.05, 4.69) is 5.32 Å². The summed E-state index contributed by atoms with van der Waals surface area (Å²) < 4.78 is 5.95. The summed E-state index contributed by atoms with van der Waals surface area (Å²) in [6, 6.07) is 24.4. The highest BCUT2D eigenvalue weighted by Gasteiger charge is 2.29. The molecule has 2 atom stereocenters. The molecule has 1 aliphatic rings. The van der Waals surface area contributed by atoms with E-state index in [1.165, 1.54) is 0 Å². The smallest absolute Gasteiger partial charge is 0.257 e. The number of anilines is 1. The second-order valence-electron chi connectivity index (χ2n) is 6.62. The SMILES string of the molecule is CC1OC(c2ccccc2)=NC1c1ccc(NC(=O)c2ccccc2Cl)cc1. The molecule has 0 fully saturated rings. The van der Waals surface area contributed by atoms with Gasteiger partial charge in [-0.15, -0.1) is 0 Å². The van der Waals surface area contributed by atoms with Crippen molar-refractivity contribution in [2.24, 2.45) is 4.99 Å². The summed E-state index contributed by atoms with van der Waals surface area (Å²) in [6.07, 6.45) is -0.0567. The van der Waals surface area contributed by atoms with Crippen molar-refractivity contribution in [3.05, 3.63) is 101 Å². The lowest BCUT2D eigenvalue weighted by molar-refractivity contribution is 0.102. The van der Waals surface area contributed by atoms with Crippen molar-refractivity contribution >= 4 is 29.1 Å². The molecule has 28 heavy (non-hydrogen) atoms. The quantitative estimate of drug-likeness (QED) is 0.639. The lowest BCUT2D eigenvalue weighted by atomic mass is 10.0. The van der Waals surface area contributed by atoms with Crippen LogP contribution in [0.3, 0.4) is 0 Å². The Labute approximate surface area is 168 Å². The second kappa shape index (κ2) is 7.87. The number of carbonyl (C=O) groups excluding carboxylic acids is 1. The minimum absolute atomic E-state index is 0.0567. The van der Waals surface area contributed by atoms with Crippen molar-refractivity contribution in [3.63, 3.8) is 0 Å². The third-order valence-electron chi connectivity index (χ3n) is 4.65. The summed E-state index contributed by atoms with van der Waals surface area (Å²) in [7, 11) is 0. The monoisotopic (exact) mass is 390 g/mol. The maximum atomic E-state index is 12.4. The van der Waals surface area contributed by atoms with Crippen LogP contribution in [0.4, 0.5) is 5.69 Å². The highest BCUT2D eigenvalue weighted by Crippen LogP contribution is 2.31. The van der Waals surface area contributed by atoms with Crippen LogP contribution in [0.2, 0.25) is 5.02 Å². The van der Waals surface area contributed by atoms with Crippen molar-refractivity contribution in [2.75, 3.05) is 5.32 Å². The van der Waals surface area contributed by atoms with Gasteiger partial charge in [0.15, 0.2) is 0 Å². The number of hydrogen-bond donors (Lipinski definition) is 1. The number of nitrogens with one attached hydrogen (secondary N) is 1. The molecule has 4 nitrogen and oxygen atoms in total. The highest BCUT2D eigenvalue weighted by molar-refractivity contribution is 6.34. The Hall–Kier alpha value is -3.11. The Morgan fingerprint density at radius 2 is 1.64 bits per heavy atom. The Balaban J connectivity index is 1.50. The predicted octanol–water partition coefficient (Wildman–Crippen LogP) is 5.50. The molecule has 2 unspecified atom stereocenters. The minimum Gasteiger partial charge on any atom is -0.472 e. The van der Waals surface area contributed by atoms with Gasteiger partial charge in [-0.05, 0) is 48.9 Å². The van der Waals surface area contributed by atoms with E-state index in [-0.39, 0.29) is 18.1 Å². The zero-order valence-corrected chi connectivity index (χ0v) is 16.1. The van der Waals surface area contributed by atoms with Gasteiger partial charge >= 0.3 is 0 Å². The van der Waals surface area contributed by atoms with Gasteiger partial charge in [0.1, 0.15) is 12.1 Å². The molecule has 0 saturated carbocycles. The Bertz CT molecular complexity index is 1020. The van der Waals surface area contributed by atoms with Crippen LogP contribution >= 0.6 is 11.6 Å². The summed E-state index contributed by atoms with van der Waals surface area (Å²) in [5.74, 6) is 0.425. The molecule has 1 amide bonds. The molecule has 1 heterocycles. The lowest BCUT2D eigenvalue weighted by Gasteiger charge is -2.14. The summed E-state index contributed by atoms with van der Waals surface area (Å²) in [6.45, 7) is 2.01. The van der Waals surface area contributed by atoms with Crippen LogP contribution in [-0.2, 0) is 4.74 Å². The molecule has 0 saturated heterocycles. The van der Waals surface area contributed by atoms with Gasteiger partial charge < -0.3 is 10.1 Å². The normalized spacial score (nSPS) is 18.3. The van der Waals surface area contributed by atoms with Crippen LogP contribution in [0.1, 0.15) is 34.5 Å². The van der Waals surface area contributed by atoms with Crippen LogP contribution in [0.5, 0.6) is 0 Å². The summed E-state index contributed by atoms with van der Waals surface area (Å²) in [5.41, 5.74) is 3.16. The lowest BCUT2D eigenvalue weighted by Crippen LogP contribution is -2.13. The van der Waals surface area contributed by atoms with Gasteiger partial charge in [0.05, 0.1) is 10.6 Å². The van der Waals surface area contributed by atoms with Crippen LogP contribution in [0.25, 0.3) is 0 Å². The third kappa shape index (κ3) is 3.78. The van der Waals surface area contributed by atoms with Crippen molar-refractivity contribution in [3.8, 4) is 0 Å². The highest BCUT2D eigenvalue weighted by atomic mass is 35.5. The first-order valence-electron chi connectivity index (χ1n) is 9.07. The molecule has 3 aromatic carbocycles. The van der Waals surface area contributed by atoms with E-state index in [0.717, 1.165) is 11.1 Å². The number of ether oxygens (including phenoxy) is 1. The van der Waals surface area contributed by atoms with E-state index in [4.69, 9.17) is 21.3 Å². The first-order valence-corrected chi connectivity index (χ1v) is 9.45.